The molecule has 0 spiro atoms. The summed E-state index contributed by atoms with van der Waals surface area (Å²) in [5.74, 6) is 0.575. The van der Waals surface area contributed by atoms with Crippen LogP contribution < -0.4 is 20.5 Å². The molecule has 1 aliphatic rings. The van der Waals surface area contributed by atoms with Crippen molar-refractivity contribution in [2.24, 2.45) is 0 Å². The van der Waals surface area contributed by atoms with Crippen molar-refractivity contribution in [3.8, 4) is 5.75 Å². The van der Waals surface area contributed by atoms with Crippen molar-refractivity contribution < 1.29 is 9.53 Å². The third-order valence-electron chi connectivity index (χ3n) is 4.19. The van der Waals surface area contributed by atoms with E-state index in [1.807, 2.05) is 24.3 Å². The average molecular weight is 327 g/mol. The standard InChI is InChI=1S/C18H21N3O3/c1-24-15-7-2-6-14(11-15)21-10-4-5-13(12-21)19-18(23)16-8-3-9-17(22)20-16/h2-3,6-9,11,13H,4-5,10,12H2,1H3,(H,19,23)(H,20,22)/t13-/m1/s1. The molecule has 0 radical (unpaired) electrons. The van der Waals surface area contributed by atoms with E-state index in [2.05, 4.69) is 15.2 Å². The second-order valence-corrected chi connectivity index (χ2v) is 5.89. The number of rotatable bonds is 4. The van der Waals surface area contributed by atoms with E-state index in [-0.39, 0.29) is 17.5 Å². The summed E-state index contributed by atoms with van der Waals surface area (Å²) in [6.45, 7) is 1.68. The first-order valence-electron chi connectivity index (χ1n) is 8.05. The molecule has 1 fully saturated rings. The van der Waals surface area contributed by atoms with Crippen molar-refractivity contribution in [1.82, 2.24) is 10.3 Å². The zero-order valence-corrected chi connectivity index (χ0v) is 13.6. The molecule has 0 bridgehead atoms. The Morgan fingerprint density at radius 3 is 2.92 bits per heavy atom. The molecule has 0 aliphatic carbocycles. The third kappa shape index (κ3) is 3.76. The molecule has 1 atom stereocenters. The number of nitrogens with one attached hydrogen (secondary N) is 2. The van der Waals surface area contributed by atoms with Crippen molar-refractivity contribution in [3.05, 3.63) is 58.5 Å². The van der Waals surface area contributed by atoms with E-state index in [0.717, 1.165) is 37.4 Å². The maximum absolute atomic E-state index is 12.3. The summed E-state index contributed by atoms with van der Waals surface area (Å²) >= 11 is 0. The van der Waals surface area contributed by atoms with Crippen molar-refractivity contribution in [3.63, 3.8) is 0 Å². The molecule has 2 heterocycles. The number of benzene rings is 1. The highest BCUT2D eigenvalue weighted by Gasteiger charge is 2.22. The Labute approximate surface area is 140 Å². The topological polar surface area (TPSA) is 74.4 Å². The van der Waals surface area contributed by atoms with Gasteiger partial charge in [0.15, 0.2) is 0 Å². The molecule has 6 nitrogen and oxygen atoms in total. The minimum atomic E-state index is -0.274. The number of pyridine rings is 1. The van der Waals surface area contributed by atoms with E-state index < -0.39 is 0 Å². The molecule has 1 amide bonds. The van der Waals surface area contributed by atoms with Crippen LogP contribution in [-0.2, 0) is 0 Å². The summed E-state index contributed by atoms with van der Waals surface area (Å²) in [6, 6.07) is 12.5. The number of aromatic nitrogens is 1. The van der Waals surface area contributed by atoms with Gasteiger partial charge in [0, 0.05) is 37.0 Å². The molecule has 3 rings (SSSR count). The first-order valence-corrected chi connectivity index (χ1v) is 8.05. The number of aromatic amines is 1. The van der Waals surface area contributed by atoms with Crippen molar-refractivity contribution in [2.45, 2.75) is 18.9 Å². The quantitative estimate of drug-likeness (QED) is 0.898. The summed E-state index contributed by atoms with van der Waals surface area (Å²) in [6.07, 6.45) is 1.91. The van der Waals surface area contributed by atoms with E-state index in [0.29, 0.717) is 5.69 Å². The highest BCUT2D eigenvalue weighted by atomic mass is 16.5. The lowest BCUT2D eigenvalue weighted by Gasteiger charge is -2.34. The number of carbonyl (C=O) groups excluding carboxylic acids is 1. The number of nitrogens with zero attached hydrogens (tertiary/aromatic N) is 1. The Bertz CT molecular complexity index is 772. The fourth-order valence-corrected chi connectivity index (χ4v) is 2.98. The van der Waals surface area contributed by atoms with E-state index in [9.17, 15) is 9.59 Å². The lowest BCUT2D eigenvalue weighted by Crippen LogP contribution is -2.48. The first kappa shape index (κ1) is 16.1. The van der Waals surface area contributed by atoms with E-state index >= 15 is 0 Å². The largest absolute Gasteiger partial charge is 0.497 e. The Kier molecular flexibility index (Phi) is 4.84. The number of carbonyl (C=O) groups is 1. The molecular formula is C18H21N3O3. The van der Waals surface area contributed by atoms with E-state index in [1.165, 1.54) is 6.07 Å². The number of hydrogen-bond donors (Lipinski definition) is 2. The van der Waals surface area contributed by atoms with Gasteiger partial charge < -0.3 is 19.9 Å². The fourth-order valence-electron chi connectivity index (χ4n) is 2.98. The normalized spacial score (nSPS) is 17.4. The van der Waals surface area contributed by atoms with Crippen LogP contribution in [-0.4, -0.2) is 37.1 Å². The van der Waals surface area contributed by atoms with Crippen molar-refractivity contribution in [1.29, 1.82) is 0 Å². The molecule has 24 heavy (non-hydrogen) atoms. The van der Waals surface area contributed by atoms with Gasteiger partial charge in [0.2, 0.25) is 5.56 Å². The highest BCUT2D eigenvalue weighted by Crippen LogP contribution is 2.24. The fraction of sp³-hybridized carbons (Fsp3) is 0.333. The van der Waals surface area contributed by atoms with Gasteiger partial charge in [0.25, 0.3) is 5.91 Å². The summed E-state index contributed by atoms with van der Waals surface area (Å²) < 4.78 is 5.28. The molecule has 2 aromatic rings. The summed E-state index contributed by atoms with van der Waals surface area (Å²) in [5, 5.41) is 3.01. The smallest absolute Gasteiger partial charge is 0.268 e. The molecule has 0 saturated carbocycles. The maximum atomic E-state index is 12.3. The first-order chi connectivity index (χ1) is 11.7. The second kappa shape index (κ2) is 7.21. The molecule has 1 aromatic carbocycles. The maximum Gasteiger partial charge on any atom is 0.268 e. The van der Waals surface area contributed by atoms with Gasteiger partial charge in [-0.1, -0.05) is 12.1 Å². The molecular weight excluding hydrogens is 306 g/mol. The highest BCUT2D eigenvalue weighted by molar-refractivity contribution is 5.92. The van der Waals surface area contributed by atoms with Crippen LogP contribution in [0.4, 0.5) is 5.69 Å². The van der Waals surface area contributed by atoms with Gasteiger partial charge in [-0.05, 0) is 31.0 Å². The van der Waals surface area contributed by atoms with Crippen molar-refractivity contribution in [2.75, 3.05) is 25.1 Å². The van der Waals surface area contributed by atoms with Crippen LogP contribution in [0.3, 0.4) is 0 Å². The third-order valence-corrected chi connectivity index (χ3v) is 4.19. The van der Waals surface area contributed by atoms with Gasteiger partial charge in [-0.3, -0.25) is 9.59 Å². The van der Waals surface area contributed by atoms with Gasteiger partial charge in [-0.25, -0.2) is 0 Å². The molecule has 1 aromatic heterocycles. The lowest BCUT2D eigenvalue weighted by molar-refractivity contribution is 0.0928. The summed E-state index contributed by atoms with van der Waals surface area (Å²) in [5.41, 5.74) is 1.10. The van der Waals surface area contributed by atoms with Gasteiger partial charge in [0.05, 0.1) is 7.11 Å². The van der Waals surface area contributed by atoms with Gasteiger partial charge in [-0.15, -0.1) is 0 Å². The number of methoxy groups -OCH3 is 1. The van der Waals surface area contributed by atoms with Gasteiger partial charge in [-0.2, -0.15) is 0 Å². The van der Waals surface area contributed by atoms with Gasteiger partial charge >= 0.3 is 0 Å². The molecule has 0 unspecified atom stereocenters. The molecule has 1 aliphatic heterocycles. The SMILES string of the molecule is COc1cccc(N2CCC[C@@H](NC(=O)c3cccc(=O)[nH]3)C2)c1. The summed E-state index contributed by atoms with van der Waals surface area (Å²) in [7, 11) is 1.65. The van der Waals surface area contributed by atoms with Crippen LogP contribution in [0.2, 0.25) is 0 Å². The molecule has 126 valence electrons. The molecule has 6 heteroatoms. The van der Waals surface area contributed by atoms with Crippen LogP contribution in [0.5, 0.6) is 5.75 Å². The van der Waals surface area contributed by atoms with Crippen molar-refractivity contribution >= 4 is 11.6 Å². The number of H-pyrrole nitrogens is 1. The zero-order chi connectivity index (χ0) is 16.9. The number of anilines is 1. The summed E-state index contributed by atoms with van der Waals surface area (Å²) in [4.78, 5) is 28.4. The van der Waals surface area contributed by atoms with Crippen LogP contribution >= 0.6 is 0 Å². The predicted molar refractivity (Wildman–Crippen MR) is 92.8 cm³/mol. The van der Waals surface area contributed by atoms with E-state index in [1.54, 1.807) is 19.2 Å². The van der Waals surface area contributed by atoms with Crippen LogP contribution in [0.15, 0.2) is 47.3 Å². The van der Waals surface area contributed by atoms with E-state index in [4.69, 9.17) is 4.74 Å². The predicted octanol–water partition coefficient (Wildman–Crippen LogP) is 1.78. The lowest BCUT2D eigenvalue weighted by atomic mass is 10.0. The van der Waals surface area contributed by atoms with Gasteiger partial charge in [0.1, 0.15) is 11.4 Å². The minimum Gasteiger partial charge on any atom is -0.497 e. The Balaban J connectivity index is 1.67. The second-order valence-electron chi connectivity index (χ2n) is 5.89. The Morgan fingerprint density at radius 2 is 2.12 bits per heavy atom. The molecule has 1 saturated heterocycles. The minimum absolute atomic E-state index is 0.0427. The van der Waals surface area contributed by atoms with Crippen LogP contribution in [0, 0.1) is 0 Å². The Hall–Kier alpha value is -2.76. The van der Waals surface area contributed by atoms with Crippen LogP contribution in [0.25, 0.3) is 0 Å². The molecule has 2 N–H and O–H groups in total. The average Bonchev–Trinajstić information content (AvgIpc) is 2.62. The number of amides is 1. The zero-order valence-electron chi connectivity index (χ0n) is 13.6. The number of piperidine rings is 1. The van der Waals surface area contributed by atoms with Crippen LogP contribution in [0.1, 0.15) is 23.3 Å². The number of hydrogen-bond acceptors (Lipinski definition) is 4. The Morgan fingerprint density at radius 1 is 1.29 bits per heavy atom. The monoisotopic (exact) mass is 327 g/mol. The number of ether oxygens (including phenoxy) is 1.